The molecule has 7 heteroatoms. The van der Waals surface area contributed by atoms with Crippen molar-refractivity contribution in [2.24, 2.45) is 0 Å². The molecule has 2 amide bonds. The zero-order valence-corrected chi connectivity index (χ0v) is 14.8. The summed E-state index contributed by atoms with van der Waals surface area (Å²) in [6, 6.07) is 4.10. The van der Waals surface area contributed by atoms with Crippen molar-refractivity contribution in [1.29, 1.82) is 0 Å². The highest BCUT2D eigenvalue weighted by atomic mass is 16.5. The first-order chi connectivity index (χ1) is 12.2. The Hall–Kier alpha value is -2.31. The number of nitrogens with zero attached hydrogens (tertiary/aromatic N) is 3. The second-order valence-electron chi connectivity index (χ2n) is 6.44. The second kappa shape index (κ2) is 8.18. The summed E-state index contributed by atoms with van der Waals surface area (Å²) in [6.07, 6.45) is 3.80. The Kier molecular flexibility index (Phi) is 5.73. The third kappa shape index (κ3) is 4.41. The molecule has 1 fully saturated rings. The molecule has 0 radical (unpaired) electrons. The number of hydrogen-bond acceptors (Lipinski definition) is 5. The molecule has 25 heavy (non-hydrogen) atoms. The number of amides is 2. The topological polar surface area (TPSA) is 74.8 Å². The zero-order valence-electron chi connectivity index (χ0n) is 14.8. The Morgan fingerprint density at radius 3 is 2.96 bits per heavy atom. The number of aryl methyl sites for hydroxylation is 1. The van der Waals surface area contributed by atoms with Crippen LogP contribution in [0.4, 0.5) is 10.6 Å². The van der Waals surface area contributed by atoms with Gasteiger partial charge in [-0.25, -0.2) is 9.78 Å². The molecular weight excluding hydrogens is 320 g/mol. The van der Waals surface area contributed by atoms with Gasteiger partial charge in [-0.15, -0.1) is 0 Å². The summed E-state index contributed by atoms with van der Waals surface area (Å²) in [7, 11) is 0. The Balaban J connectivity index is 1.55. The number of urea groups is 1. The van der Waals surface area contributed by atoms with Crippen LogP contribution >= 0.6 is 0 Å². The van der Waals surface area contributed by atoms with Gasteiger partial charge in [0.2, 0.25) is 0 Å². The molecule has 2 aliphatic rings. The molecule has 0 unspecified atom stereocenters. The number of anilines is 1. The predicted octanol–water partition coefficient (Wildman–Crippen LogP) is 1.67. The molecule has 1 aromatic rings. The van der Waals surface area contributed by atoms with E-state index >= 15 is 0 Å². The quantitative estimate of drug-likeness (QED) is 0.793. The van der Waals surface area contributed by atoms with Crippen molar-refractivity contribution in [2.75, 3.05) is 44.6 Å². The fourth-order valence-electron chi connectivity index (χ4n) is 3.32. The average molecular weight is 346 g/mol. The van der Waals surface area contributed by atoms with E-state index in [0.29, 0.717) is 26.1 Å². The van der Waals surface area contributed by atoms with Gasteiger partial charge in [-0.05, 0) is 37.8 Å². The molecule has 0 aliphatic carbocycles. The number of carbonyl (C=O) groups is 2. The molecule has 7 nitrogen and oxygen atoms in total. The number of fused-ring (bicyclic) bond motifs is 1. The van der Waals surface area contributed by atoms with Crippen LogP contribution in [0.3, 0.4) is 0 Å². The van der Waals surface area contributed by atoms with Gasteiger partial charge in [-0.1, -0.05) is 6.07 Å². The number of esters is 1. The van der Waals surface area contributed by atoms with E-state index in [1.807, 2.05) is 0 Å². The van der Waals surface area contributed by atoms with Crippen molar-refractivity contribution in [3.05, 3.63) is 23.4 Å². The van der Waals surface area contributed by atoms with Gasteiger partial charge >= 0.3 is 12.0 Å². The minimum Gasteiger partial charge on any atom is -0.465 e. The van der Waals surface area contributed by atoms with Crippen molar-refractivity contribution in [2.45, 2.75) is 32.6 Å². The van der Waals surface area contributed by atoms with Crippen LogP contribution in [0.2, 0.25) is 0 Å². The molecule has 1 saturated heterocycles. The van der Waals surface area contributed by atoms with Crippen molar-refractivity contribution in [3.8, 4) is 0 Å². The van der Waals surface area contributed by atoms with Gasteiger partial charge in [-0.2, -0.15) is 0 Å². The van der Waals surface area contributed by atoms with Crippen molar-refractivity contribution < 1.29 is 14.3 Å². The van der Waals surface area contributed by atoms with Crippen LogP contribution in [0.25, 0.3) is 0 Å². The summed E-state index contributed by atoms with van der Waals surface area (Å²) >= 11 is 0. The lowest BCUT2D eigenvalue weighted by Crippen LogP contribution is -2.51. The number of rotatable bonds is 6. The van der Waals surface area contributed by atoms with Crippen LogP contribution in [-0.4, -0.2) is 66.1 Å². The van der Waals surface area contributed by atoms with Gasteiger partial charge in [0.05, 0.1) is 6.61 Å². The molecule has 2 aliphatic heterocycles. The molecule has 0 saturated carbocycles. The smallest absolute Gasteiger partial charge is 0.325 e. The molecule has 3 rings (SSSR count). The highest BCUT2D eigenvalue weighted by Crippen LogP contribution is 2.20. The monoisotopic (exact) mass is 346 g/mol. The molecule has 0 atom stereocenters. The summed E-state index contributed by atoms with van der Waals surface area (Å²) in [5.74, 6) is 0.637. The number of hydrogen-bond donors (Lipinski definition) is 1. The van der Waals surface area contributed by atoms with Crippen LogP contribution in [0.5, 0.6) is 0 Å². The van der Waals surface area contributed by atoms with Crippen LogP contribution in [0, 0.1) is 0 Å². The molecule has 0 bridgehead atoms. The first-order valence-electron chi connectivity index (χ1n) is 9.09. The minimum absolute atomic E-state index is 0.0319. The van der Waals surface area contributed by atoms with Gasteiger partial charge in [0.15, 0.2) is 0 Å². The lowest BCUT2D eigenvalue weighted by molar-refractivity contribution is -0.144. The van der Waals surface area contributed by atoms with E-state index in [9.17, 15) is 9.59 Å². The van der Waals surface area contributed by atoms with E-state index in [-0.39, 0.29) is 18.5 Å². The summed E-state index contributed by atoms with van der Waals surface area (Å²) in [5.41, 5.74) is 2.26. The number of nitrogens with one attached hydrogen (secondary N) is 1. The highest BCUT2D eigenvalue weighted by Gasteiger charge is 2.27. The number of ether oxygens (including phenoxy) is 1. The van der Waals surface area contributed by atoms with Crippen LogP contribution in [0.15, 0.2) is 12.1 Å². The average Bonchev–Trinajstić information content (AvgIpc) is 2.62. The summed E-state index contributed by atoms with van der Waals surface area (Å²) in [5, 5.41) is 3.34. The van der Waals surface area contributed by atoms with Crippen molar-refractivity contribution in [1.82, 2.24) is 14.8 Å². The van der Waals surface area contributed by atoms with Gasteiger partial charge in [-0.3, -0.25) is 4.79 Å². The molecule has 0 spiro atoms. The van der Waals surface area contributed by atoms with E-state index in [1.165, 1.54) is 5.56 Å². The van der Waals surface area contributed by atoms with Gasteiger partial charge in [0, 0.05) is 38.3 Å². The standard InChI is InChI=1S/C18H26N4O3/c1-2-25-16(23)13-22-11-4-10-21(18(22)24)12-8-15-7-6-14-5-3-9-19-17(14)20-15/h6-7H,2-5,8-13H2,1H3,(H,19,20). The normalized spacial score (nSPS) is 17.1. The Labute approximate surface area is 148 Å². The Bertz CT molecular complexity index is 635. The van der Waals surface area contributed by atoms with Gasteiger partial charge < -0.3 is 19.9 Å². The van der Waals surface area contributed by atoms with Gasteiger partial charge in [0.25, 0.3) is 0 Å². The van der Waals surface area contributed by atoms with E-state index in [0.717, 1.165) is 43.9 Å². The molecule has 136 valence electrons. The van der Waals surface area contributed by atoms with E-state index in [4.69, 9.17) is 4.74 Å². The third-order valence-electron chi connectivity index (χ3n) is 4.61. The first kappa shape index (κ1) is 17.5. The lowest BCUT2D eigenvalue weighted by atomic mass is 10.1. The maximum absolute atomic E-state index is 12.5. The molecule has 0 aromatic carbocycles. The third-order valence-corrected chi connectivity index (χ3v) is 4.61. The lowest BCUT2D eigenvalue weighted by Gasteiger charge is -2.35. The van der Waals surface area contributed by atoms with Gasteiger partial charge in [0.1, 0.15) is 12.4 Å². The maximum atomic E-state index is 12.5. The highest BCUT2D eigenvalue weighted by molar-refractivity contribution is 5.81. The number of pyridine rings is 1. The van der Waals surface area contributed by atoms with E-state index in [1.54, 1.807) is 16.7 Å². The molecule has 1 aromatic heterocycles. The van der Waals surface area contributed by atoms with Crippen molar-refractivity contribution >= 4 is 17.8 Å². The summed E-state index contributed by atoms with van der Waals surface area (Å²) in [6.45, 7) is 5.05. The molecule has 1 N–H and O–H groups in total. The second-order valence-corrected chi connectivity index (χ2v) is 6.44. The van der Waals surface area contributed by atoms with Crippen LogP contribution in [0.1, 0.15) is 31.0 Å². The summed E-state index contributed by atoms with van der Waals surface area (Å²) in [4.78, 5) is 32.2. The maximum Gasteiger partial charge on any atom is 0.325 e. The van der Waals surface area contributed by atoms with Crippen LogP contribution in [-0.2, 0) is 22.4 Å². The van der Waals surface area contributed by atoms with E-state index < -0.39 is 0 Å². The Morgan fingerprint density at radius 1 is 1.28 bits per heavy atom. The molecule has 3 heterocycles. The van der Waals surface area contributed by atoms with Crippen LogP contribution < -0.4 is 5.32 Å². The number of carbonyl (C=O) groups excluding carboxylic acids is 2. The first-order valence-corrected chi connectivity index (χ1v) is 9.09. The van der Waals surface area contributed by atoms with E-state index in [2.05, 4.69) is 22.4 Å². The predicted molar refractivity (Wildman–Crippen MR) is 94.5 cm³/mol. The zero-order chi connectivity index (χ0) is 17.6. The summed E-state index contributed by atoms with van der Waals surface area (Å²) < 4.78 is 4.94. The SMILES string of the molecule is CCOC(=O)CN1CCCN(CCc2ccc3c(n2)NCCC3)C1=O. The van der Waals surface area contributed by atoms with Crippen molar-refractivity contribution in [3.63, 3.8) is 0 Å². The Morgan fingerprint density at radius 2 is 2.12 bits per heavy atom. The minimum atomic E-state index is -0.347. The molecular formula is C18H26N4O3. The fraction of sp³-hybridized carbons (Fsp3) is 0.611. The fourth-order valence-corrected chi connectivity index (χ4v) is 3.32. The largest absolute Gasteiger partial charge is 0.465 e. The number of aromatic nitrogens is 1.